The quantitative estimate of drug-likeness (QED) is 0.501. The summed E-state index contributed by atoms with van der Waals surface area (Å²) < 4.78 is 18.9. The molecule has 0 aliphatic carbocycles. The number of carbonyl (C=O) groups is 1. The highest BCUT2D eigenvalue weighted by molar-refractivity contribution is 7.99. The number of nitrogens with zero attached hydrogens (tertiary/aromatic N) is 1. The summed E-state index contributed by atoms with van der Waals surface area (Å²) >= 11 is 1.35. The highest BCUT2D eigenvalue weighted by Gasteiger charge is 2.24. The van der Waals surface area contributed by atoms with E-state index in [1.165, 1.54) is 31.0 Å². The fourth-order valence-corrected chi connectivity index (χ4v) is 3.51. The van der Waals surface area contributed by atoms with Gasteiger partial charge in [0.05, 0.1) is 17.8 Å². The van der Waals surface area contributed by atoms with Gasteiger partial charge in [-0.05, 0) is 23.3 Å². The van der Waals surface area contributed by atoms with Gasteiger partial charge in [-0.2, -0.15) is 0 Å². The molecule has 0 saturated carbocycles. The summed E-state index contributed by atoms with van der Waals surface area (Å²) in [5, 5.41) is 13.9. The highest BCUT2D eigenvalue weighted by atomic mass is 32.2. The lowest BCUT2D eigenvalue weighted by Crippen LogP contribution is -2.38. The van der Waals surface area contributed by atoms with Crippen molar-refractivity contribution in [3.8, 4) is 5.75 Å². The number of ether oxygens (including phenoxy) is 1. The number of hydrogen-bond acceptors (Lipinski definition) is 5. The van der Waals surface area contributed by atoms with Gasteiger partial charge in [0.1, 0.15) is 5.82 Å². The van der Waals surface area contributed by atoms with Gasteiger partial charge in [0, 0.05) is 23.8 Å². The second kappa shape index (κ2) is 9.54. The van der Waals surface area contributed by atoms with Crippen molar-refractivity contribution in [1.29, 1.82) is 0 Å². The molecule has 6 nitrogen and oxygen atoms in total. The van der Waals surface area contributed by atoms with E-state index in [1.54, 1.807) is 30.3 Å². The molecule has 28 heavy (non-hydrogen) atoms. The predicted octanol–water partition coefficient (Wildman–Crippen LogP) is 4.07. The summed E-state index contributed by atoms with van der Waals surface area (Å²) in [6, 6.07) is 11.3. The van der Waals surface area contributed by atoms with E-state index in [1.807, 2.05) is 13.8 Å². The summed E-state index contributed by atoms with van der Waals surface area (Å²) in [4.78, 5) is 22.7. The SMILES string of the molecule is COc1ccc(CSCC(=O)NCC(C)(C)c2ccccc2F)cc1[N+](=O)[O-]. The van der Waals surface area contributed by atoms with Gasteiger partial charge in [0.25, 0.3) is 0 Å². The average molecular weight is 406 g/mol. The van der Waals surface area contributed by atoms with E-state index in [9.17, 15) is 19.3 Å². The monoisotopic (exact) mass is 406 g/mol. The van der Waals surface area contributed by atoms with E-state index in [2.05, 4.69) is 5.32 Å². The maximum atomic E-state index is 14.0. The molecule has 0 bridgehead atoms. The predicted molar refractivity (Wildman–Crippen MR) is 108 cm³/mol. The number of nitro groups is 1. The summed E-state index contributed by atoms with van der Waals surface area (Å²) in [6.45, 7) is 4.05. The molecule has 0 fully saturated rings. The molecule has 150 valence electrons. The van der Waals surface area contributed by atoms with Crippen LogP contribution in [0.3, 0.4) is 0 Å². The molecule has 0 heterocycles. The molecule has 1 N–H and O–H groups in total. The van der Waals surface area contributed by atoms with Crippen LogP contribution in [0.5, 0.6) is 5.75 Å². The van der Waals surface area contributed by atoms with Crippen molar-refractivity contribution in [3.05, 3.63) is 69.5 Å². The van der Waals surface area contributed by atoms with Crippen molar-refractivity contribution in [2.45, 2.75) is 25.0 Å². The largest absolute Gasteiger partial charge is 0.490 e. The molecule has 0 spiro atoms. The van der Waals surface area contributed by atoms with Crippen LogP contribution in [0.15, 0.2) is 42.5 Å². The van der Waals surface area contributed by atoms with Crippen LogP contribution in [0.1, 0.15) is 25.0 Å². The van der Waals surface area contributed by atoms with Gasteiger partial charge < -0.3 is 10.1 Å². The summed E-state index contributed by atoms with van der Waals surface area (Å²) in [6.07, 6.45) is 0. The van der Waals surface area contributed by atoms with Gasteiger partial charge in [0.15, 0.2) is 5.75 Å². The lowest BCUT2D eigenvalue weighted by molar-refractivity contribution is -0.385. The molecule has 0 aliphatic rings. The smallest absolute Gasteiger partial charge is 0.311 e. The molecule has 2 rings (SSSR count). The first-order valence-electron chi connectivity index (χ1n) is 8.65. The number of methoxy groups -OCH3 is 1. The van der Waals surface area contributed by atoms with Crippen molar-refractivity contribution in [2.75, 3.05) is 19.4 Å². The van der Waals surface area contributed by atoms with Gasteiger partial charge in [-0.25, -0.2) is 4.39 Å². The van der Waals surface area contributed by atoms with E-state index in [0.29, 0.717) is 17.9 Å². The molecule has 1 amide bonds. The fourth-order valence-electron chi connectivity index (χ4n) is 2.71. The Morgan fingerprint density at radius 2 is 2.00 bits per heavy atom. The first kappa shape index (κ1) is 21.7. The number of carbonyl (C=O) groups excluding carboxylic acids is 1. The molecule has 0 aliphatic heterocycles. The molecule has 0 aromatic heterocycles. The first-order valence-corrected chi connectivity index (χ1v) is 9.81. The van der Waals surface area contributed by atoms with Gasteiger partial charge in [-0.15, -0.1) is 11.8 Å². The maximum Gasteiger partial charge on any atom is 0.311 e. The molecule has 8 heteroatoms. The van der Waals surface area contributed by atoms with E-state index < -0.39 is 10.3 Å². The van der Waals surface area contributed by atoms with Crippen LogP contribution < -0.4 is 10.1 Å². The Morgan fingerprint density at radius 1 is 1.29 bits per heavy atom. The molecule has 0 atom stereocenters. The van der Waals surface area contributed by atoms with Crippen LogP contribution in [0.4, 0.5) is 10.1 Å². The number of benzene rings is 2. The lowest BCUT2D eigenvalue weighted by Gasteiger charge is -2.26. The van der Waals surface area contributed by atoms with E-state index in [4.69, 9.17) is 4.74 Å². The Morgan fingerprint density at radius 3 is 2.64 bits per heavy atom. The van der Waals surface area contributed by atoms with Gasteiger partial charge in [-0.1, -0.05) is 38.1 Å². The van der Waals surface area contributed by atoms with Crippen molar-refractivity contribution in [1.82, 2.24) is 5.32 Å². The molecule has 2 aromatic carbocycles. The van der Waals surface area contributed by atoms with E-state index in [0.717, 1.165) is 5.56 Å². The number of hydrogen-bond donors (Lipinski definition) is 1. The van der Waals surface area contributed by atoms with Gasteiger partial charge >= 0.3 is 5.69 Å². The lowest BCUT2D eigenvalue weighted by atomic mass is 9.84. The minimum Gasteiger partial charge on any atom is -0.490 e. The first-order chi connectivity index (χ1) is 13.2. The van der Waals surface area contributed by atoms with Crippen molar-refractivity contribution >= 4 is 23.4 Å². The van der Waals surface area contributed by atoms with E-state index >= 15 is 0 Å². The second-order valence-electron chi connectivity index (χ2n) is 6.90. The summed E-state index contributed by atoms with van der Waals surface area (Å²) in [5.41, 5.74) is 0.643. The number of amides is 1. The van der Waals surface area contributed by atoms with Crippen molar-refractivity contribution < 1.29 is 18.8 Å². The van der Waals surface area contributed by atoms with Crippen LogP contribution >= 0.6 is 11.8 Å². The van der Waals surface area contributed by atoms with Crippen molar-refractivity contribution in [2.24, 2.45) is 0 Å². The second-order valence-corrected chi connectivity index (χ2v) is 7.88. The Kier molecular flexibility index (Phi) is 7.39. The zero-order valence-electron chi connectivity index (χ0n) is 16.0. The third-order valence-electron chi connectivity index (χ3n) is 4.27. The Bertz CT molecular complexity index is 858. The molecule has 0 radical (unpaired) electrons. The Hall–Kier alpha value is -2.61. The minimum absolute atomic E-state index is 0.100. The summed E-state index contributed by atoms with van der Waals surface area (Å²) in [7, 11) is 1.38. The third kappa shape index (κ3) is 5.69. The van der Waals surface area contributed by atoms with Crippen molar-refractivity contribution in [3.63, 3.8) is 0 Å². The van der Waals surface area contributed by atoms with Crippen LogP contribution in [0.2, 0.25) is 0 Å². The number of rotatable bonds is 9. The molecular formula is C20H23FN2O4S. The van der Waals surface area contributed by atoms with E-state index in [-0.39, 0.29) is 28.9 Å². The van der Waals surface area contributed by atoms with Gasteiger partial charge in [-0.3, -0.25) is 14.9 Å². The molecule has 0 saturated heterocycles. The number of thioether (sulfide) groups is 1. The topological polar surface area (TPSA) is 81.5 Å². The standard InChI is InChI=1S/C20H23FN2O4S/c1-20(2,15-6-4-5-7-16(15)21)13-22-19(24)12-28-11-14-8-9-18(27-3)17(10-14)23(25)26/h4-10H,11-13H2,1-3H3,(H,22,24). The fraction of sp³-hybridized carbons (Fsp3) is 0.350. The van der Waals surface area contributed by atoms with Gasteiger partial charge in [0.2, 0.25) is 5.91 Å². The zero-order valence-corrected chi connectivity index (χ0v) is 16.8. The van der Waals surface area contributed by atoms with Crippen LogP contribution in [0.25, 0.3) is 0 Å². The van der Waals surface area contributed by atoms with Crippen LogP contribution in [-0.4, -0.2) is 30.2 Å². The maximum absolute atomic E-state index is 14.0. The number of halogens is 1. The third-order valence-corrected chi connectivity index (χ3v) is 5.28. The highest BCUT2D eigenvalue weighted by Crippen LogP contribution is 2.29. The average Bonchev–Trinajstić information content (AvgIpc) is 2.66. The molecule has 0 unspecified atom stereocenters. The molecular weight excluding hydrogens is 383 g/mol. The van der Waals surface area contributed by atoms with Crippen LogP contribution in [0, 0.1) is 15.9 Å². The molecule has 2 aromatic rings. The normalized spacial score (nSPS) is 11.1. The minimum atomic E-state index is -0.539. The Balaban J connectivity index is 1.86. The number of nitro benzene ring substituents is 1. The zero-order chi connectivity index (χ0) is 20.7. The number of nitrogens with one attached hydrogen (secondary N) is 1. The Labute approximate surface area is 167 Å². The summed E-state index contributed by atoms with van der Waals surface area (Å²) in [5.74, 6) is 0.392. The van der Waals surface area contributed by atoms with Crippen LogP contribution in [-0.2, 0) is 16.0 Å².